The first-order valence-electron chi connectivity index (χ1n) is 4.46. The number of carbonyl (C=O) groups is 1. The smallest absolute Gasteiger partial charge is 0.358 e. The van der Waals surface area contributed by atoms with Crippen molar-refractivity contribution < 1.29 is 14.3 Å². The summed E-state index contributed by atoms with van der Waals surface area (Å²) in [7, 11) is 2.89. The van der Waals surface area contributed by atoms with Crippen molar-refractivity contribution >= 4 is 27.5 Å². The molecule has 6 heteroatoms. The van der Waals surface area contributed by atoms with Crippen molar-refractivity contribution in [3.05, 3.63) is 28.6 Å². The summed E-state index contributed by atoms with van der Waals surface area (Å²) in [6, 6.07) is 1.73. The zero-order valence-corrected chi connectivity index (χ0v) is 10.3. The van der Waals surface area contributed by atoms with Crippen LogP contribution in [0.2, 0.25) is 0 Å². The largest absolute Gasteiger partial charge is 0.495 e. The molecule has 0 aromatic carbocycles. The van der Waals surface area contributed by atoms with E-state index in [1.54, 1.807) is 30.0 Å². The number of nitrogens with zero attached hydrogens (tertiary/aromatic N) is 2. The summed E-state index contributed by atoms with van der Waals surface area (Å²) in [6.07, 6.45) is 3.37. The monoisotopic (exact) mass is 284 g/mol. The maximum Gasteiger partial charge on any atom is 0.358 e. The number of pyridine rings is 1. The first-order valence-corrected chi connectivity index (χ1v) is 5.25. The summed E-state index contributed by atoms with van der Waals surface area (Å²) in [5.74, 6) is 0.202. The van der Waals surface area contributed by atoms with Crippen molar-refractivity contribution in [3.63, 3.8) is 0 Å². The number of fused-ring (bicyclic) bond motifs is 1. The fourth-order valence-electron chi connectivity index (χ4n) is 1.35. The Kier molecular flexibility index (Phi) is 2.82. The molecule has 0 amide bonds. The SMILES string of the molecule is COC(=O)c1cn2cc(Br)c(OC)cc2n1. The fraction of sp³-hybridized carbons (Fsp3) is 0.200. The highest BCUT2D eigenvalue weighted by Gasteiger charge is 2.12. The van der Waals surface area contributed by atoms with Gasteiger partial charge in [-0.2, -0.15) is 0 Å². The van der Waals surface area contributed by atoms with Crippen LogP contribution in [0, 0.1) is 0 Å². The molecular weight excluding hydrogens is 276 g/mol. The summed E-state index contributed by atoms with van der Waals surface area (Å²) in [5.41, 5.74) is 0.892. The van der Waals surface area contributed by atoms with E-state index in [1.807, 2.05) is 0 Å². The molecule has 2 aromatic rings. The van der Waals surface area contributed by atoms with Crippen LogP contribution in [0.1, 0.15) is 10.5 Å². The molecule has 0 N–H and O–H groups in total. The van der Waals surface area contributed by atoms with Gasteiger partial charge in [-0.05, 0) is 15.9 Å². The van der Waals surface area contributed by atoms with Gasteiger partial charge in [0.2, 0.25) is 0 Å². The number of hydrogen-bond acceptors (Lipinski definition) is 4. The average Bonchev–Trinajstić information content (AvgIpc) is 2.69. The van der Waals surface area contributed by atoms with E-state index >= 15 is 0 Å². The molecule has 0 fully saturated rings. The lowest BCUT2D eigenvalue weighted by Crippen LogP contribution is -2.00. The number of ether oxygens (including phenoxy) is 2. The van der Waals surface area contributed by atoms with Gasteiger partial charge in [0.15, 0.2) is 5.69 Å². The Balaban J connectivity index is 2.58. The molecule has 0 bridgehead atoms. The lowest BCUT2D eigenvalue weighted by atomic mass is 10.4. The molecule has 2 aromatic heterocycles. The van der Waals surface area contributed by atoms with Gasteiger partial charge in [-0.1, -0.05) is 0 Å². The lowest BCUT2D eigenvalue weighted by Gasteiger charge is -2.02. The number of methoxy groups -OCH3 is 2. The second-order valence-corrected chi connectivity index (χ2v) is 3.93. The average molecular weight is 285 g/mol. The van der Waals surface area contributed by atoms with Crippen molar-refractivity contribution in [2.24, 2.45) is 0 Å². The Hall–Kier alpha value is -1.56. The molecule has 84 valence electrons. The van der Waals surface area contributed by atoms with E-state index in [4.69, 9.17) is 4.74 Å². The van der Waals surface area contributed by atoms with Gasteiger partial charge in [0.1, 0.15) is 11.4 Å². The second kappa shape index (κ2) is 4.13. The van der Waals surface area contributed by atoms with Crippen molar-refractivity contribution in [3.8, 4) is 5.75 Å². The highest BCUT2D eigenvalue weighted by atomic mass is 79.9. The van der Waals surface area contributed by atoms with Crippen LogP contribution in [-0.4, -0.2) is 29.6 Å². The van der Waals surface area contributed by atoms with E-state index in [9.17, 15) is 4.79 Å². The van der Waals surface area contributed by atoms with Gasteiger partial charge in [-0.15, -0.1) is 0 Å². The zero-order valence-electron chi connectivity index (χ0n) is 8.73. The predicted molar refractivity (Wildman–Crippen MR) is 60.8 cm³/mol. The minimum absolute atomic E-state index is 0.266. The van der Waals surface area contributed by atoms with E-state index in [-0.39, 0.29) is 5.69 Å². The minimum atomic E-state index is -0.459. The Morgan fingerprint density at radius 2 is 2.19 bits per heavy atom. The van der Waals surface area contributed by atoms with E-state index in [0.717, 1.165) is 4.47 Å². The molecular formula is C10H9BrN2O3. The van der Waals surface area contributed by atoms with Crippen molar-refractivity contribution in [1.29, 1.82) is 0 Å². The van der Waals surface area contributed by atoms with E-state index in [0.29, 0.717) is 11.4 Å². The molecule has 0 saturated carbocycles. The van der Waals surface area contributed by atoms with Crippen LogP contribution in [0.4, 0.5) is 0 Å². The van der Waals surface area contributed by atoms with Crippen LogP contribution in [-0.2, 0) is 4.74 Å². The third kappa shape index (κ3) is 1.76. The molecule has 0 atom stereocenters. The number of esters is 1. The van der Waals surface area contributed by atoms with Crippen molar-refractivity contribution in [1.82, 2.24) is 9.38 Å². The Bertz CT molecular complexity index is 550. The maximum absolute atomic E-state index is 11.3. The number of halogens is 1. The third-order valence-corrected chi connectivity index (χ3v) is 2.72. The summed E-state index contributed by atoms with van der Waals surface area (Å²) < 4.78 is 12.2. The molecule has 0 aliphatic heterocycles. The van der Waals surface area contributed by atoms with Crippen LogP contribution in [0.15, 0.2) is 22.9 Å². The zero-order chi connectivity index (χ0) is 11.7. The number of rotatable bonds is 2. The van der Waals surface area contributed by atoms with Crippen LogP contribution in [0.5, 0.6) is 5.75 Å². The molecule has 5 nitrogen and oxygen atoms in total. The standard InChI is InChI=1S/C10H9BrN2O3/c1-15-8-3-9-12-7(10(14)16-2)5-13(9)4-6(8)11/h3-5H,1-2H3. The molecule has 2 heterocycles. The molecule has 0 unspecified atom stereocenters. The summed E-state index contributed by atoms with van der Waals surface area (Å²) >= 11 is 3.35. The Morgan fingerprint density at radius 3 is 2.81 bits per heavy atom. The predicted octanol–water partition coefficient (Wildman–Crippen LogP) is 1.89. The molecule has 16 heavy (non-hydrogen) atoms. The molecule has 0 aliphatic carbocycles. The van der Waals surface area contributed by atoms with Crippen molar-refractivity contribution in [2.45, 2.75) is 0 Å². The lowest BCUT2D eigenvalue weighted by molar-refractivity contribution is 0.0595. The number of carbonyl (C=O) groups excluding carboxylic acids is 1. The Morgan fingerprint density at radius 1 is 1.44 bits per heavy atom. The number of imidazole rings is 1. The van der Waals surface area contributed by atoms with E-state index < -0.39 is 5.97 Å². The van der Waals surface area contributed by atoms with Gasteiger partial charge in [0, 0.05) is 18.5 Å². The highest BCUT2D eigenvalue weighted by Crippen LogP contribution is 2.25. The van der Waals surface area contributed by atoms with Gasteiger partial charge >= 0.3 is 5.97 Å². The molecule has 0 saturated heterocycles. The van der Waals surface area contributed by atoms with E-state index in [2.05, 4.69) is 25.7 Å². The molecule has 0 spiro atoms. The van der Waals surface area contributed by atoms with Crippen LogP contribution < -0.4 is 4.74 Å². The maximum atomic E-state index is 11.3. The molecule has 0 aliphatic rings. The Labute approximate surface area is 100 Å². The van der Waals surface area contributed by atoms with Crippen LogP contribution >= 0.6 is 15.9 Å². The first-order chi connectivity index (χ1) is 7.65. The second-order valence-electron chi connectivity index (χ2n) is 3.07. The van der Waals surface area contributed by atoms with Gasteiger partial charge in [0.25, 0.3) is 0 Å². The summed E-state index contributed by atoms with van der Waals surface area (Å²) in [6.45, 7) is 0. The van der Waals surface area contributed by atoms with Gasteiger partial charge < -0.3 is 13.9 Å². The van der Waals surface area contributed by atoms with Crippen molar-refractivity contribution in [2.75, 3.05) is 14.2 Å². The van der Waals surface area contributed by atoms with Gasteiger partial charge in [-0.25, -0.2) is 9.78 Å². The number of aromatic nitrogens is 2. The topological polar surface area (TPSA) is 52.8 Å². The molecule has 0 radical (unpaired) electrons. The third-order valence-electron chi connectivity index (χ3n) is 2.12. The quantitative estimate of drug-likeness (QED) is 0.791. The minimum Gasteiger partial charge on any atom is -0.495 e. The van der Waals surface area contributed by atoms with Crippen LogP contribution in [0.3, 0.4) is 0 Å². The first kappa shape index (κ1) is 10.9. The summed E-state index contributed by atoms with van der Waals surface area (Å²) in [5, 5.41) is 0. The molecule has 2 rings (SSSR count). The normalized spacial score (nSPS) is 10.4. The number of hydrogen-bond donors (Lipinski definition) is 0. The highest BCUT2D eigenvalue weighted by molar-refractivity contribution is 9.10. The van der Waals surface area contributed by atoms with Gasteiger partial charge in [-0.3, -0.25) is 0 Å². The van der Waals surface area contributed by atoms with Gasteiger partial charge in [0.05, 0.1) is 18.7 Å². The fourth-order valence-corrected chi connectivity index (χ4v) is 1.85. The van der Waals surface area contributed by atoms with E-state index in [1.165, 1.54) is 7.11 Å². The summed E-state index contributed by atoms with van der Waals surface area (Å²) in [4.78, 5) is 15.4. The van der Waals surface area contributed by atoms with Crippen LogP contribution in [0.25, 0.3) is 5.65 Å².